The molecule has 5 heteroatoms. The van der Waals surface area contributed by atoms with Gasteiger partial charge in [0.1, 0.15) is 5.03 Å². The van der Waals surface area contributed by atoms with E-state index in [4.69, 9.17) is 9.47 Å². The second-order valence-electron chi connectivity index (χ2n) is 2.93. The molecule has 0 aromatic carbocycles. The molecule has 1 unspecified atom stereocenters. The van der Waals surface area contributed by atoms with Crippen LogP contribution in [0.15, 0.2) is 23.2 Å². The molecule has 1 aliphatic heterocycles. The summed E-state index contributed by atoms with van der Waals surface area (Å²) in [6.45, 7) is 1.18. The molecule has 1 saturated heterocycles. The predicted octanol–water partition coefficient (Wildman–Crippen LogP) is 0.864. The average molecular weight is 213 g/mol. The first-order valence-electron chi connectivity index (χ1n) is 4.31. The molecule has 2 heterocycles. The molecule has 2 rings (SSSR count). The van der Waals surface area contributed by atoms with Gasteiger partial charge in [-0.05, 0) is 12.1 Å². The molecule has 14 heavy (non-hydrogen) atoms. The van der Waals surface area contributed by atoms with Gasteiger partial charge in [0.2, 0.25) is 6.29 Å². The summed E-state index contributed by atoms with van der Waals surface area (Å²) in [6, 6.07) is 5.35. The van der Waals surface area contributed by atoms with Crippen molar-refractivity contribution >= 4 is 10.8 Å². The third kappa shape index (κ3) is 2.00. The van der Waals surface area contributed by atoms with Crippen LogP contribution in [-0.4, -0.2) is 28.7 Å². The van der Waals surface area contributed by atoms with E-state index in [0.717, 1.165) is 0 Å². The molecule has 0 spiro atoms. The van der Waals surface area contributed by atoms with Gasteiger partial charge in [-0.25, -0.2) is 4.98 Å². The summed E-state index contributed by atoms with van der Waals surface area (Å²) in [5, 5.41) is 0.557. The number of nitrogens with zero attached hydrogens (tertiary/aromatic N) is 1. The topological polar surface area (TPSA) is 48.4 Å². The normalized spacial score (nSPS) is 19.8. The lowest BCUT2D eigenvalue weighted by Crippen LogP contribution is -2.03. The van der Waals surface area contributed by atoms with Gasteiger partial charge < -0.3 is 9.47 Å². The Morgan fingerprint density at radius 2 is 2.14 bits per heavy atom. The molecular formula is C9H11NO3S. The molecule has 1 aromatic rings. The number of ether oxygens (including phenoxy) is 2. The molecule has 0 bridgehead atoms. The molecule has 0 aliphatic carbocycles. The zero-order valence-corrected chi connectivity index (χ0v) is 8.62. The minimum atomic E-state index is -1.06. The Kier molecular flexibility index (Phi) is 2.90. The molecule has 0 radical (unpaired) electrons. The van der Waals surface area contributed by atoms with Crippen molar-refractivity contribution < 1.29 is 13.7 Å². The molecular weight excluding hydrogens is 202 g/mol. The van der Waals surface area contributed by atoms with Crippen LogP contribution in [0.4, 0.5) is 0 Å². The van der Waals surface area contributed by atoms with E-state index in [0.29, 0.717) is 23.9 Å². The Bertz CT molecular complexity index is 350. The maximum absolute atomic E-state index is 11.2. The predicted molar refractivity (Wildman–Crippen MR) is 51.2 cm³/mol. The second-order valence-corrected chi connectivity index (χ2v) is 4.25. The summed E-state index contributed by atoms with van der Waals surface area (Å²) in [6.07, 6.45) is 1.21. The molecule has 4 nitrogen and oxygen atoms in total. The van der Waals surface area contributed by atoms with E-state index < -0.39 is 17.1 Å². The van der Waals surface area contributed by atoms with E-state index in [2.05, 4.69) is 4.98 Å². The molecule has 0 amide bonds. The lowest BCUT2D eigenvalue weighted by atomic mass is 10.3. The highest BCUT2D eigenvalue weighted by Gasteiger charge is 2.19. The minimum Gasteiger partial charge on any atom is -0.345 e. The van der Waals surface area contributed by atoms with Crippen molar-refractivity contribution in [2.24, 2.45) is 0 Å². The Morgan fingerprint density at radius 3 is 2.79 bits per heavy atom. The van der Waals surface area contributed by atoms with Crippen LogP contribution in [0.2, 0.25) is 0 Å². The van der Waals surface area contributed by atoms with Crippen molar-refractivity contribution in [3.8, 4) is 0 Å². The smallest absolute Gasteiger partial charge is 0.201 e. The molecule has 0 N–H and O–H groups in total. The van der Waals surface area contributed by atoms with Gasteiger partial charge in [0.25, 0.3) is 0 Å². The fourth-order valence-corrected chi connectivity index (χ4v) is 1.76. The zero-order chi connectivity index (χ0) is 9.97. The van der Waals surface area contributed by atoms with Crippen molar-refractivity contribution in [2.45, 2.75) is 11.3 Å². The van der Waals surface area contributed by atoms with Crippen LogP contribution in [0.1, 0.15) is 12.0 Å². The average Bonchev–Trinajstić information content (AvgIpc) is 2.71. The highest BCUT2D eigenvalue weighted by molar-refractivity contribution is 7.84. The minimum absolute atomic E-state index is 0.390. The van der Waals surface area contributed by atoms with Gasteiger partial charge in [-0.3, -0.25) is 4.21 Å². The Morgan fingerprint density at radius 1 is 1.43 bits per heavy atom. The third-order valence-electron chi connectivity index (χ3n) is 1.90. The van der Waals surface area contributed by atoms with Crippen molar-refractivity contribution in [2.75, 3.05) is 19.5 Å². The zero-order valence-electron chi connectivity index (χ0n) is 7.80. The quantitative estimate of drug-likeness (QED) is 0.731. The maximum Gasteiger partial charge on any atom is 0.201 e. The van der Waals surface area contributed by atoms with Crippen molar-refractivity contribution in [3.05, 3.63) is 23.9 Å². The summed E-state index contributed by atoms with van der Waals surface area (Å²) in [5.41, 5.74) is 0.690. The molecule has 1 aromatic heterocycles. The fourth-order valence-electron chi connectivity index (χ4n) is 1.25. The van der Waals surface area contributed by atoms with Crippen LogP contribution in [0.5, 0.6) is 0 Å². The number of hydrogen-bond donors (Lipinski definition) is 0. The standard InChI is InChI=1S/C9H11NO3S/c1-14(11)8-4-2-3-7(10-8)9-12-5-6-13-9/h2-4,9H,5-6H2,1H3. The molecule has 0 saturated carbocycles. The summed E-state index contributed by atoms with van der Waals surface area (Å²) in [5.74, 6) is 0. The Hall–Kier alpha value is -0.780. The first kappa shape index (κ1) is 9.76. The third-order valence-corrected chi connectivity index (χ3v) is 2.72. The van der Waals surface area contributed by atoms with E-state index in [9.17, 15) is 4.21 Å². The van der Waals surface area contributed by atoms with Gasteiger partial charge >= 0.3 is 0 Å². The number of pyridine rings is 1. The first-order chi connectivity index (χ1) is 6.77. The summed E-state index contributed by atoms with van der Waals surface area (Å²) >= 11 is 0. The van der Waals surface area contributed by atoms with Gasteiger partial charge in [-0.15, -0.1) is 0 Å². The highest BCUT2D eigenvalue weighted by atomic mass is 32.2. The largest absolute Gasteiger partial charge is 0.345 e. The number of hydrogen-bond acceptors (Lipinski definition) is 4. The second kappa shape index (κ2) is 4.16. The van der Waals surface area contributed by atoms with Crippen LogP contribution < -0.4 is 0 Å². The van der Waals surface area contributed by atoms with Gasteiger partial charge in [0, 0.05) is 6.26 Å². The molecule has 1 fully saturated rings. The SMILES string of the molecule is CS(=O)c1cccc(C2OCCO2)n1. The fraction of sp³-hybridized carbons (Fsp3) is 0.444. The van der Waals surface area contributed by atoms with Gasteiger partial charge in [0.05, 0.1) is 29.7 Å². The number of aromatic nitrogens is 1. The lowest BCUT2D eigenvalue weighted by molar-refractivity contribution is -0.0476. The number of rotatable bonds is 2. The van der Waals surface area contributed by atoms with E-state index >= 15 is 0 Å². The van der Waals surface area contributed by atoms with Crippen LogP contribution in [0.25, 0.3) is 0 Å². The van der Waals surface area contributed by atoms with Gasteiger partial charge in [-0.2, -0.15) is 0 Å². The molecule has 1 aliphatic rings. The van der Waals surface area contributed by atoms with E-state index in [1.165, 1.54) is 0 Å². The van der Waals surface area contributed by atoms with E-state index in [1.807, 2.05) is 12.1 Å². The molecule has 76 valence electrons. The summed E-state index contributed by atoms with van der Waals surface area (Å²) < 4.78 is 21.8. The van der Waals surface area contributed by atoms with Crippen LogP contribution in [-0.2, 0) is 20.3 Å². The van der Waals surface area contributed by atoms with Gasteiger partial charge in [0.15, 0.2) is 0 Å². The van der Waals surface area contributed by atoms with Crippen LogP contribution in [0, 0.1) is 0 Å². The summed E-state index contributed by atoms with van der Waals surface area (Å²) in [4.78, 5) is 4.20. The van der Waals surface area contributed by atoms with Crippen molar-refractivity contribution in [1.29, 1.82) is 0 Å². The first-order valence-corrected chi connectivity index (χ1v) is 5.87. The van der Waals surface area contributed by atoms with E-state index in [1.54, 1.807) is 12.3 Å². The Labute approximate surface area is 84.7 Å². The Balaban J connectivity index is 2.25. The maximum atomic E-state index is 11.2. The van der Waals surface area contributed by atoms with Crippen molar-refractivity contribution in [1.82, 2.24) is 4.98 Å². The van der Waals surface area contributed by atoms with Crippen molar-refractivity contribution in [3.63, 3.8) is 0 Å². The monoisotopic (exact) mass is 213 g/mol. The highest BCUT2D eigenvalue weighted by Crippen LogP contribution is 2.21. The lowest BCUT2D eigenvalue weighted by Gasteiger charge is -2.08. The summed E-state index contributed by atoms with van der Waals surface area (Å²) in [7, 11) is -1.06. The van der Waals surface area contributed by atoms with Crippen LogP contribution in [0.3, 0.4) is 0 Å². The van der Waals surface area contributed by atoms with Gasteiger partial charge in [-0.1, -0.05) is 6.07 Å². The molecule has 1 atom stereocenters. The van der Waals surface area contributed by atoms with E-state index in [-0.39, 0.29) is 0 Å². The van der Waals surface area contributed by atoms with Crippen LogP contribution >= 0.6 is 0 Å².